The van der Waals surface area contributed by atoms with E-state index in [0.29, 0.717) is 6.42 Å². The van der Waals surface area contributed by atoms with Gasteiger partial charge in [-0.1, -0.05) is 30.3 Å². The molecule has 3 rings (SSSR count). The maximum atomic E-state index is 12.0. The largest absolute Gasteiger partial charge is 0.326 e. The van der Waals surface area contributed by atoms with Crippen LogP contribution in [-0.2, 0) is 4.79 Å². The van der Waals surface area contributed by atoms with E-state index in [2.05, 4.69) is 11.4 Å². The molecule has 3 nitrogen and oxygen atoms in total. The number of carbonyl (C=O) groups is 1. The molecule has 2 aromatic carbocycles. The SMILES string of the molecule is NC1(CC(=O)Nc2ccc3ccccc3c2)CCC1. The zero-order chi connectivity index (χ0) is 13.3. The molecule has 3 heteroatoms. The second-order valence-electron chi connectivity index (χ2n) is 5.50. The number of benzene rings is 2. The number of nitrogens with one attached hydrogen (secondary N) is 1. The highest BCUT2D eigenvalue weighted by Crippen LogP contribution is 2.32. The lowest BCUT2D eigenvalue weighted by Gasteiger charge is -2.37. The molecule has 0 aromatic heterocycles. The van der Waals surface area contributed by atoms with Crippen molar-refractivity contribution in [2.24, 2.45) is 5.73 Å². The number of fused-ring (bicyclic) bond motifs is 1. The van der Waals surface area contributed by atoms with Crippen molar-refractivity contribution in [1.29, 1.82) is 0 Å². The number of amides is 1. The number of rotatable bonds is 3. The van der Waals surface area contributed by atoms with E-state index in [4.69, 9.17) is 5.73 Å². The summed E-state index contributed by atoms with van der Waals surface area (Å²) >= 11 is 0. The van der Waals surface area contributed by atoms with Gasteiger partial charge in [-0.05, 0) is 42.2 Å². The smallest absolute Gasteiger partial charge is 0.226 e. The van der Waals surface area contributed by atoms with Crippen molar-refractivity contribution in [3.63, 3.8) is 0 Å². The topological polar surface area (TPSA) is 55.1 Å². The van der Waals surface area contributed by atoms with Crippen molar-refractivity contribution >= 4 is 22.4 Å². The van der Waals surface area contributed by atoms with E-state index in [1.807, 2.05) is 36.4 Å². The summed E-state index contributed by atoms with van der Waals surface area (Å²) in [6.45, 7) is 0. The molecule has 0 bridgehead atoms. The van der Waals surface area contributed by atoms with E-state index in [9.17, 15) is 4.79 Å². The standard InChI is InChI=1S/C16H18N2O/c17-16(8-3-9-16)11-15(19)18-14-7-6-12-4-1-2-5-13(12)10-14/h1-2,4-7,10H,3,8-9,11,17H2,(H,18,19). The van der Waals surface area contributed by atoms with E-state index < -0.39 is 0 Å². The van der Waals surface area contributed by atoms with Crippen molar-refractivity contribution in [2.75, 3.05) is 5.32 Å². The summed E-state index contributed by atoms with van der Waals surface area (Å²) in [5, 5.41) is 5.25. The lowest BCUT2D eigenvalue weighted by Crippen LogP contribution is -2.48. The van der Waals surface area contributed by atoms with Gasteiger partial charge in [0.1, 0.15) is 0 Å². The Morgan fingerprint density at radius 3 is 2.58 bits per heavy atom. The van der Waals surface area contributed by atoms with Crippen LogP contribution in [0, 0.1) is 0 Å². The average molecular weight is 254 g/mol. The van der Waals surface area contributed by atoms with Crippen LogP contribution >= 0.6 is 0 Å². The monoisotopic (exact) mass is 254 g/mol. The van der Waals surface area contributed by atoms with E-state index in [0.717, 1.165) is 30.3 Å². The van der Waals surface area contributed by atoms with Crippen molar-refractivity contribution in [3.05, 3.63) is 42.5 Å². The van der Waals surface area contributed by atoms with E-state index in [-0.39, 0.29) is 11.4 Å². The summed E-state index contributed by atoms with van der Waals surface area (Å²) in [6, 6.07) is 14.1. The fourth-order valence-corrected chi connectivity index (χ4v) is 2.60. The van der Waals surface area contributed by atoms with Crippen molar-refractivity contribution < 1.29 is 4.79 Å². The minimum absolute atomic E-state index is 0.0116. The van der Waals surface area contributed by atoms with Crippen LogP contribution in [0.15, 0.2) is 42.5 Å². The van der Waals surface area contributed by atoms with Crippen molar-refractivity contribution in [2.45, 2.75) is 31.2 Å². The van der Waals surface area contributed by atoms with Crippen LogP contribution in [0.1, 0.15) is 25.7 Å². The molecule has 98 valence electrons. The van der Waals surface area contributed by atoms with Crippen LogP contribution < -0.4 is 11.1 Å². The van der Waals surface area contributed by atoms with Gasteiger partial charge in [-0.2, -0.15) is 0 Å². The number of hydrogen-bond acceptors (Lipinski definition) is 2. The molecular weight excluding hydrogens is 236 g/mol. The van der Waals surface area contributed by atoms with Crippen molar-refractivity contribution in [3.8, 4) is 0 Å². The Labute approximate surface area is 112 Å². The van der Waals surface area contributed by atoms with Crippen molar-refractivity contribution in [1.82, 2.24) is 0 Å². The highest BCUT2D eigenvalue weighted by molar-refractivity contribution is 5.94. The summed E-state index contributed by atoms with van der Waals surface area (Å²) in [5.41, 5.74) is 6.66. The predicted molar refractivity (Wildman–Crippen MR) is 78.0 cm³/mol. The summed E-state index contributed by atoms with van der Waals surface area (Å²) in [7, 11) is 0. The molecule has 0 unspecified atom stereocenters. The molecule has 19 heavy (non-hydrogen) atoms. The van der Waals surface area contributed by atoms with Crippen LogP contribution in [0.3, 0.4) is 0 Å². The first kappa shape index (κ1) is 12.2. The zero-order valence-corrected chi connectivity index (χ0v) is 10.9. The van der Waals surface area contributed by atoms with E-state index in [1.54, 1.807) is 0 Å². The molecule has 0 atom stereocenters. The molecule has 1 saturated carbocycles. The minimum Gasteiger partial charge on any atom is -0.326 e. The number of anilines is 1. The molecule has 3 N–H and O–H groups in total. The Kier molecular flexibility index (Phi) is 2.99. The van der Waals surface area contributed by atoms with Gasteiger partial charge in [0.2, 0.25) is 5.91 Å². The first-order chi connectivity index (χ1) is 9.15. The molecular formula is C16H18N2O. The molecule has 0 aliphatic heterocycles. The highest BCUT2D eigenvalue weighted by atomic mass is 16.1. The Morgan fingerprint density at radius 2 is 1.89 bits per heavy atom. The number of carbonyl (C=O) groups excluding carboxylic acids is 1. The van der Waals surface area contributed by atoms with Gasteiger partial charge >= 0.3 is 0 Å². The van der Waals surface area contributed by atoms with Gasteiger partial charge in [0.05, 0.1) is 0 Å². The molecule has 1 aliphatic rings. The molecule has 0 spiro atoms. The van der Waals surface area contributed by atoms with Gasteiger partial charge in [0.15, 0.2) is 0 Å². The summed E-state index contributed by atoms with van der Waals surface area (Å²) in [6.07, 6.45) is 3.47. The normalized spacial score (nSPS) is 16.9. The molecule has 0 radical (unpaired) electrons. The van der Waals surface area contributed by atoms with E-state index in [1.165, 1.54) is 5.39 Å². The summed E-state index contributed by atoms with van der Waals surface area (Å²) in [4.78, 5) is 12.0. The summed E-state index contributed by atoms with van der Waals surface area (Å²) < 4.78 is 0. The third kappa shape index (κ3) is 2.61. The second-order valence-corrected chi connectivity index (χ2v) is 5.50. The third-order valence-corrected chi connectivity index (χ3v) is 3.90. The minimum atomic E-state index is -0.263. The van der Waals surface area contributed by atoms with Gasteiger partial charge in [0.25, 0.3) is 0 Å². The Morgan fingerprint density at radius 1 is 1.16 bits per heavy atom. The Hall–Kier alpha value is -1.87. The van der Waals surface area contributed by atoms with Crippen LogP contribution in [-0.4, -0.2) is 11.4 Å². The first-order valence-corrected chi connectivity index (χ1v) is 6.72. The fourth-order valence-electron chi connectivity index (χ4n) is 2.60. The van der Waals surface area contributed by atoms with Crippen LogP contribution in [0.2, 0.25) is 0 Å². The van der Waals surface area contributed by atoms with Gasteiger partial charge in [-0.25, -0.2) is 0 Å². The Bertz CT molecular complexity index is 617. The predicted octanol–water partition coefficient (Wildman–Crippen LogP) is 3.05. The zero-order valence-electron chi connectivity index (χ0n) is 10.9. The molecule has 0 saturated heterocycles. The Balaban J connectivity index is 1.72. The van der Waals surface area contributed by atoms with E-state index >= 15 is 0 Å². The first-order valence-electron chi connectivity index (χ1n) is 6.72. The van der Waals surface area contributed by atoms with Gasteiger partial charge in [0, 0.05) is 17.6 Å². The lowest BCUT2D eigenvalue weighted by molar-refractivity contribution is -0.118. The molecule has 1 fully saturated rings. The molecule has 1 aliphatic carbocycles. The average Bonchev–Trinajstić information content (AvgIpc) is 2.36. The maximum Gasteiger partial charge on any atom is 0.226 e. The lowest BCUT2D eigenvalue weighted by atomic mass is 9.75. The van der Waals surface area contributed by atoms with Crippen LogP contribution in [0.25, 0.3) is 10.8 Å². The number of hydrogen-bond donors (Lipinski definition) is 2. The van der Waals surface area contributed by atoms with Crippen LogP contribution in [0.4, 0.5) is 5.69 Å². The van der Waals surface area contributed by atoms with Gasteiger partial charge in [-0.3, -0.25) is 4.79 Å². The molecule has 0 heterocycles. The molecule has 2 aromatic rings. The highest BCUT2D eigenvalue weighted by Gasteiger charge is 2.34. The quantitative estimate of drug-likeness (QED) is 0.884. The molecule has 1 amide bonds. The third-order valence-electron chi connectivity index (χ3n) is 3.90. The number of nitrogens with two attached hydrogens (primary N) is 1. The fraction of sp³-hybridized carbons (Fsp3) is 0.312. The maximum absolute atomic E-state index is 12.0. The van der Waals surface area contributed by atoms with Gasteiger partial charge in [-0.15, -0.1) is 0 Å². The summed E-state index contributed by atoms with van der Waals surface area (Å²) in [5.74, 6) is 0.0116. The van der Waals surface area contributed by atoms with Gasteiger partial charge < -0.3 is 11.1 Å². The second kappa shape index (κ2) is 4.67. The van der Waals surface area contributed by atoms with Crippen LogP contribution in [0.5, 0.6) is 0 Å².